The van der Waals surface area contributed by atoms with Crippen molar-refractivity contribution in [3.05, 3.63) is 46.1 Å². The number of hydrogen-bond acceptors (Lipinski definition) is 5. The summed E-state index contributed by atoms with van der Waals surface area (Å²) < 4.78 is 0. The largest absolute Gasteiger partial charge is 0.337 e. The van der Waals surface area contributed by atoms with Crippen LogP contribution in [-0.4, -0.2) is 38.6 Å². The molecule has 0 radical (unpaired) electrons. The summed E-state index contributed by atoms with van der Waals surface area (Å²) in [6.45, 7) is 4.22. The third-order valence-electron chi connectivity index (χ3n) is 5.32. The number of carbonyl (C=O) groups excluding carboxylic acids is 1. The summed E-state index contributed by atoms with van der Waals surface area (Å²) in [5.74, 6) is 0.406. The molecule has 0 unspecified atom stereocenters. The van der Waals surface area contributed by atoms with Gasteiger partial charge < -0.3 is 9.88 Å². The van der Waals surface area contributed by atoms with Crippen molar-refractivity contribution in [3.63, 3.8) is 0 Å². The summed E-state index contributed by atoms with van der Waals surface area (Å²) in [4.78, 5) is 35.6. The molecule has 0 aliphatic carbocycles. The van der Waals surface area contributed by atoms with Crippen LogP contribution in [0.1, 0.15) is 33.1 Å². The van der Waals surface area contributed by atoms with Crippen LogP contribution in [0.5, 0.6) is 0 Å². The number of amides is 1. The van der Waals surface area contributed by atoms with Crippen LogP contribution in [-0.2, 0) is 4.79 Å². The van der Waals surface area contributed by atoms with Gasteiger partial charge in [0.05, 0.1) is 11.1 Å². The first kappa shape index (κ1) is 19.2. The average Bonchev–Trinajstić information content (AvgIpc) is 3.11. The number of aromatic amines is 1. The Kier molecular flexibility index (Phi) is 5.55. The molecule has 2 atom stereocenters. The highest BCUT2D eigenvalue weighted by atomic mass is 32.2. The van der Waals surface area contributed by atoms with Crippen molar-refractivity contribution in [1.82, 2.24) is 14.9 Å². The first-order valence-corrected chi connectivity index (χ1v) is 11.4. The molecule has 1 amide bonds. The molecule has 0 spiro atoms. The van der Waals surface area contributed by atoms with Crippen LogP contribution in [0.25, 0.3) is 21.3 Å². The van der Waals surface area contributed by atoms with Crippen molar-refractivity contribution < 1.29 is 4.79 Å². The Hall–Kier alpha value is -2.12. The number of benzene rings is 1. The van der Waals surface area contributed by atoms with E-state index < -0.39 is 0 Å². The monoisotopic (exact) mass is 413 g/mol. The third kappa shape index (κ3) is 3.73. The topological polar surface area (TPSA) is 66.1 Å². The SMILES string of the molecule is C[C@H]1CCC[C@H](C)N1C(=O)CSc1nc2scc(-c3ccccc3)c2c(=O)[nH]1. The van der Waals surface area contributed by atoms with Crippen LogP contribution < -0.4 is 5.56 Å². The number of carbonyl (C=O) groups is 1. The summed E-state index contributed by atoms with van der Waals surface area (Å²) >= 11 is 2.77. The van der Waals surface area contributed by atoms with Gasteiger partial charge in [-0.25, -0.2) is 4.98 Å². The molecule has 4 rings (SSSR count). The second-order valence-electron chi connectivity index (χ2n) is 7.29. The number of aromatic nitrogens is 2. The van der Waals surface area contributed by atoms with Gasteiger partial charge in [0.1, 0.15) is 4.83 Å². The maximum absolute atomic E-state index is 12.7. The van der Waals surface area contributed by atoms with Crippen molar-refractivity contribution in [2.45, 2.75) is 50.4 Å². The highest BCUT2D eigenvalue weighted by Gasteiger charge is 2.28. The van der Waals surface area contributed by atoms with E-state index in [1.807, 2.05) is 40.6 Å². The molecular weight excluding hydrogens is 390 g/mol. The number of fused-ring (bicyclic) bond motifs is 1. The van der Waals surface area contributed by atoms with Crippen molar-refractivity contribution in [1.29, 1.82) is 0 Å². The molecule has 0 saturated carbocycles. The summed E-state index contributed by atoms with van der Waals surface area (Å²) in [6.07, 6.45) is 3.28. The lowest BCUT2D eigenvalue weighted by atomic mass is 9.98. The van der Waals surface area contributed by atoms with Gasteiger partial charge in [0, 0.05) is 23.0 Å². The lowest BCUT2D eigenvalue weighted by molar-refractivity contribution is -0.134. The van der Waals surface area contributed by atoms with Crippen molar-refractivity contribution in [3.8, 4) is 11.1 Å². The summed E-state index contributed by atoms with van der Waals surface area (Å²) in [5, 5.41) is 3.09. The molecule has 1 aliphatic rings. The maximum atomic E-state index is 12.7. The van der Waals surface area contributed by atoms with Gasteiger partial charge in [-0.1, -0.05) is 42.1 Å². The first-order chi connectivity index (χ1) is 13.5. The van der Waals surface area contributed by atoms with Gasteiger partial charge in [0.25, 0.3) is 5.56 Å². The Morgan fingerprint density at radius 3 is 2.68 bits per heavy atom. The fourth-order valence-corrected chi connectivity index (χ4v) is 5.68. The zero-order chi connectivity index (χ0) is 19.7. The molecule has 3 aromatic rings. The molecule has 2 aromatic heterocycles. The van der Waals surface area contributed by atoms with E-state index in [1.54, 1.807) is 0 Å². The zero-order valence-electron chi connectivity index (χ0n) is 16.0. The Labute approximate surface area is 172 Å². The first-order valence-electron chi connectivity index (χ1n) is 9.55. The van der Waals surface area contributed by atoms with E-state index in [4.69, 9.17) is 0 Å². The van der Waals surface area contributed by atoms with E-state index in [2.05, 4.69) is 23.8 Å². The number of hydrogen-bond donors (Lipinski definition) is 1. The van der Waals surface area contributed by atoms with Crippen molar-refractivity contribution in [2.24, 2.45) is 0 Å². The molecule has 3 heterocycles. The molecule has 28 heavy (non-hydrogen) atoms. The minimum atomic E-state index is -0.153. The third-order valence-corrected chi connectivity index (χ3v) is 7.05. The van der Waals surface area contributed by atoms with Crippen LogP contribution in [0.3, 0.4) is 0 Å². The average molecular weight is 414 g/mol. The van der Waals surface area contributed by atoms with Gasteiger partial charge in [-0.15, -0.1) is 11.3 Å². The smallest absolute Gasteiger partial charge is 0.260 e. The van der Waals surface area contributed by atoms with E-state index in [1.165, 1.54) is 29.5 Å². The number of H-pyrrole nitrogens is 1. The second-order valence-corrected chi connectivity index (χ2v) is 9.11. The van der Waals surface area contributed by atoms with Crippen LogP contribution in [0.4, 0.5) is 0 Å². The summed E-state index contributed by atoms with van der Waals surface area (Å²) in [6, 6.07) is 10.4. The van der Waals surface area contributed by atoms with Crippen LogP contribution in [0.15, 0.2) is 45.7 Å². The Bertz CT molecular complexity index is 1030. The van der Waals surface area contributed by atoms with Crippen LogP contribution >= 0.6 is 23.1 Å². The van der Waals surface area contributed by atoms with Gasteiger partial charge in [-0.2, -0.15) is 0 Å². The van der Waals surface area contributed by atoms with Gasteiger partial charge in [0.15, 0.2) is 5.16 Å². The summed E-state index contributed by atoms with van der Waals surface area (Å²) in [5.41, 5.74) is 1.75. The summed E-state index contributed by atoms with van der Waals surface area (Å²) in [7, 11) is 0. The van der Waals surface area contributed by atoms with Crippen LogP contribution in [0, 0.1) is 0 Å². The minimum Gasteiger partial charge on any atom is -0.337 e. The number of nitrogens with one attached hydrogen (secondary N) is 1. The lowest BCUT2D eigenvalue weighted by Gasteiger charge is -2.39. The Morgan fingerprint density at radius 2 is 1.96 bits per heavy atom. The number of likely N-dealkylation sites (tertiary alicyclic amines) is 1. The predicted octanol–water partition coefficient (Wildman–Crippen LogP) is 4.53. The standard InChI is InChI=1S/C21H23N3O2S2/c1-13-7-6-8-14(2)24(13)17(25)12-28-21-22-19(26)18-16(11-27-20(18)23-21)15-9-4-3-5-10-15/h3-5,9-11,13-14H,6-8,12H2,1-2H3,(H,22,23,26)/t13-,14-/m0/s1. The van der Waals surface area contributed by atoms with E-state index in [-0.39, 0.29) is 23.6 Å². The lowest BCUT2D eigenvalue weighted by Crippen LogP contribution is -2.48. The normalized spacial score (nSPS) is 19.9. The fraction of sp³-hybridized carbons (Fsp3) is 0.381. The maximum Gasteiger partial charge on any atom is 0.260 e. The zero-order valence-corrected chi connectivity index (χ0v) is 17.6. The number of nitrogens with zero attached hydrogens (tertiary/aromatic N) is 2. The fourth-order valence-electron chi connectivity index (χ4n) is 3.95. The highest BCUT2D eigenvalue weighted by Crippen LogP contribution is 2.31. The highest BCUT2D eigenvalue weighted by molar-refractivity contribution is 7.99. The molecule has 1 aromatic carbocycles. The molecule has 5 nitrogen and oxygen atoms in total. The van der Waals surface area contributed by atoms with Crippen molar-refractivity contribution >= 4 is 39.2 Å². The molecule has 7 heteroatoms. The molecule has 1 fully saturated rings. The Morgan fingerprint density at radius 1 is 1.25 bits per heavy atom. The van der Waals surface area contributed by atoms with Crippen LogP contribution in [0.2, 0.25) is 0 Å². The van der Waals surface area contributed by atoms with Gasteiger partial charge in [-0.05, 0) is 38.7 Å². The predicted molar refractivity (Wildman–Crippen MR) is 116 cm³/mol. The Balaban J connectivity index is 1.54. The number of piperidine rings is 1. The van der Waals surface area contributed by atoms with Gasteiger partial charge >= 0.3 is 0 Å². The number of thioether (sulfide) groups is 1. The van der Waals surface area contributed by atoms with E-state index >= 15 is 0 Å². The minimum absolute atomic E-state index is 0.114. The molecule has 0 bridgehead atoms. The van der Waals surface area contributed by atoms with Gasteiger partial charge in [0.2, 0.25) is 5.91 Å². The number of thiophene rings is 1. The quantitative estimate of drug-likeness (QED) is 0.504. The second kappa shape index (κ2) is 8.09. The van der Waals surface area contributed by atoms with E-state index in [0.717, 1.165) is 24.0 Å². The molecule has 1 N–H and O–H groups in total. The molecular formula is C21H23N3O2S2. The molecule has 1 saturated heterocycles. The van der Waals surface area contributed by atoms with Gasteiger partial charge in [-0.3, -0.25) is 9.59 Å². The molecule has 1 aliphatic heterocycles. The van der Waals surface area contributed by atoms with Crippen molar-refractivity contribution in [2.75, 3.05) is 5.75 Å². The number of rotatable bonds is 4. The van der Waals surface area contributed by atoms with E-state index in [0.29, 0.717) is 21.1 Å². The van der Waals surface area contributed by atoms with E-state index in [9.17, 15) is 9.59 Å². The molecule has 146 valence electrons.